The number of hydrogen-bond acceptors (Lipinski definition) is 1. The zero-order chi connectivity index (χ0) is 21.2. The van der Waals surface area contributed by atoms with E-state index in [0.717, 1.165) is 25.2 Å². The summed E-state index contributed by atoms with van der Waals surface area (Å²) in [6, 6.07) is 0.807. The lowest BCUT2D eigenvalue weighted by molar-refractivity contribution is -0.138. The first-order chi connectivity index (χ1) is 13.2. The van der Waals surface area contributed by atoms with Gasteiger partial charge in [0.25, 0.3) is 0 Å². The molecule has 0 radical (unpaired) electrons. The van der Waals surface area contributed by atoms with Gasteiger partial charge in [0.1, 0.15) is 0 Å². The largest absolute Gasteiger partial charge is 0.337 e. The maximum atomic E-state index is 13.3. The zero-order valence-corrected chi connectivity index (χ0v) is 20.4. The van der Waals surface area contributed by atoms with Crippen LogP contribution in [0.1, 0.15) is 132 Å². The van der Waals surface area contributed by atoms with Crippen LogP contribution in [0.4, 0.5) is 0 Å². The van der Waals surface area contributed by atoms with Crippen LogP contribution in [0.5, 0.6) is 0 Å². The van der Waals surface area contributed by atoms with Crippen LogP contribution in [-0.2, 0) is 4.79 Å². The Labute approximate surface area is 177 Å². The van der Waals surface area contributed by atoms with Crippen LogP contribution in [0.15, 0.2) is 0 Å². The summed E-state index contributed by atoms with van der Waals surface area (Å²) < 4.78 is 0. The number of amides is 1. The van der Waals surface area contributed by atoms with E-state index in [0.29, 0.717) is 29.3 Å². The number of carbonyl (C=O) groups is 1. The molecule has 0 aromatic rings. The molecule has 2 nitrogen and oxygen atoms in total. The van der Waals surface area contributed by atoms with E-state index in [1.807, 2.05) is 0 Å². The molecular weight excluding hydrogens is 342 g/mol. The molecule has 0 heterocycles. The molecule has 0 aliphatic heterocycles. The summed E-state index contributed by atoms with van der Waals surface area (Å²) in [7, 11) is 0. The lowest BCUT2D eigenvalue weighted by Crippen LogP contribution is -2.50. The number of unbranched alkanes of at least 4 members (excludes halogenated alkanes) is 7. The summed E-state index contributed by atoms with van der Waals surface area (Å²) in [4.78, 5) is 15.6. The van der Waals surface area contributed by atoms with E-state index in [2.05, 4.69) is 53.4 Å². The third kappa shape index (κ3) is 9.79. The lowest BCUT2D eigenvalue weighted by Gasteiger charge is -2.46. The van der Waals surface area contributed by atoms with Gasteiger partial charge in [-0.25, -0.2) is 0 Å². The molecule has 1 aliphatic rings. The fraction of sp³-hybridized carbons (Fsp3) is 0.962. The van der Waals surface area contributed by atoms with Crippen molar-refractivity contribution in [2.24, 2.45) is 17.3 Å². The Hall–Kier alpha value is -0.530. The Morgan fingerprint density at radius 1 is 0.964 bits per heavy atom. The Morgan fingerprint density at radius 2 is 1.54 bits per heavy atom. The van der Waals surface area contributed by atoms with Gasteiger partial charge >= 0.3 is 0 Å². The maximum absolute atomic E-state index is 13.3. The third-order valence-electron chi connectivity index (χ3n) is 6.58. The fourth-order valence-corrected chi connectivity index (χ4v) is 5.65. The molecule has 28 heavy (non-hydrogen) atoms. The second-order valence-electron chi connectivity index (χ2n) is 11.1. The van der Waals surface area contributed by atoms with E-state index >= 15 is 0 Å². The van der Waals surface area contributed by atoms with Gasteiger partial charge in [-0.05, 0) is 56.3 Å². The van der Waals surface area contributed by atoms with Gasteiger partial charge in [0.2, 0.25) is 5.91 Å². The van der Waals surface area contributed by atoms with E-state index in [-0.39, 0.29) is 0 Å². The fourth-order valence-electron chi connectivity index (χ4n) is 5.65. The second-order valence-corrected chi connectivity index (χ2v) is 11.1. The van der Waals surface area contributed by atoms with Crippen LogP contribution >= 0.6 is 0 Å². The van der Waals surface area contributed by atoms with Crippen molar-refractivity contribution >= 4 is 5.91 Å². The molecule has 166 valence electrons. The van der Waals surface area contributed by atoms with Crippen LogP contribution in [0.25, 0.3) is 0 Å². The number of rotatable bonds is 13. The Balaban J connectivity index is 2.58. The summed E-state index contributed by atoms with van der Waals surface area (Å²) in [5.41, 5.74) is 0.358. The molecule has 0 saturated heterocycles. The molecule has 3 atom stereocenters. The molecule has 0 aromatic heterocycles. The molecule has 1 aliphatic carbocycles. The van der Waals surface area contributed by atoms with Gasteiger partial charge in [-0.1, -0.05) is 86.5 Å². The highest BCUT2D eigenvalue weighted by Crippen LogP contribution is 2.41. The molecule has 0 spiro atoms. The van der Waals surface area contributed by atoms with E-state index in [1.54, 1.807) is 0 Å². The standard InChI is InChI=1S/C26H51NO/c1-8-9-10-11-12-13-14-15-16-25(28)27(23(5)17-21(2)3)24-18-22(4)19-26(6,7)20-24/h21-24H,8-20H2,1-7H3. The van der Waals surface area contributed by atoms with E-state index in [9.17, 15) is 4.79 Å². The Morgan fingerprint density at radius 3 is 2.07 bits per heavy atom. The van der Waals surface area contributed by atoms with Crippen molar-refractivity contribution in [3.8, 4) is 0 Å². The molecule has 1 rings (SSSR count). The van der Waals surface area contributed by atoms with Gasteiger partial charge in [0.05, 0.1) is 0 Å². The van der Waals surface area contributed by atoms with Crippen LogP contribution in [0, 0.1) is 17.3 Å². The van der Waals surface area contributed by atoms with Crippen molar-refractivity contribution < 1.29 is 4.79 Å². The quantitative estimate of drug-likeness (QED) is 0.290. The summed E-state index contributed by atoms with van der Waals surface area (Å²) in [6.07, 6.45) is 15.9. The summed E-state index contributed by atoms with van der Waals surface area (Å²) >= 11 is 0. The van der Waals surface area contributed by atoms with Crippen LogP contribution in [0.3, 0.4) is 0 Å². The van der Waals surface area contributed by atoms with Gasteiger partial charge in [0.15, 0.2) is 0 Å². The first-order valence-corrected chi connectivity index (χ1v) is 12.5. The second kappa shape index (κ2) is 12.9. The van der Waals surface area contributed by atoms with E-state index < -0.39 is 0 Å². The molecule has 2 heteroatoms. The van der Waals surface area contributed by atoms with Gasteiger partial charge in [-0.15, -0.1) is 0 Å². The van der Waals surface area contributed by atoms with Gasteiger partial charge in [0, 0.05) is 18.5 Å². The van der Waals surface area contributed by atoms with Crippen molar-refractivity contribution in [1.29, 1.82) is 0 Å². The number of nitrogens with zero attached hydrogens (tertiary/aromatic N) is 1. The van der Waals surface area contributed by atoms with Gasteiger partial charge in [-0.2, -0.15) is 0 Å². The third-order valence-corrected chi connectivity index (χ3v) is 6.58. The van der Waals surface area contributed by atoms with Gasteiger partial charge in [-0.3, -0.25) is 4.79 Å². The smallest absolute Gasteiger partial charge is 0.223 e. The normalized spacial score (nSPS) is 23.0. The average molecular weight is 394 g/mol. The highest BCUT2D eigenvalue weighted by Gasteiger charge is 2.38. The van der Waals surface area contributed by atoms with Crippen LogP contribution < -0.4 is 0 Å². The maximum Gasteiger partial charge on any atom is 0.223 e. The minimum absolute atomic E-state index is 0.358. The molecular formula is C26H51NO. The van der Waals surface area contributed by atoms with Crippen molar-refractivity contribution in [2.45, 2.75) is 144 Å². The van der Waals surface area contributed by atoms with Crippen LogP contribution in [0.2, 0.25) is 0 Å². The molecule has 1 fully saturated rings. The number of hydrogen-bond donors (Lipinski definition) is 0. The molecule has 1 saturated carbocycles. The first kappa shape index (κ1) is 25.5. The Bertz CT molecular complexity index is 428. The minimum atomic E-state index is 0.358. The van der Waals surface area contributed by atoms with Crippen molar-refractivity contribution in [2.75, 3.05) is 0 Å². The predicted molar refractivity (Wildman–Crippen MR) is 124 cm³/mol. The van der Waals surface area contributed by atoms with E-state index in [1.165, 1.54) is 64.2 Å². The minimum Gasteiger partial charge on any atom is -0.337 e. The molecule has 0 N–H and O–H groups in total. The SMILES string of the molecule is CCCCCCCCCCC(=O)N(C(C)CC(C)C)C1CC(C)CC(C)(C)C1. The Kier molecular flexibility index (Phi) is 11.8. The summed E-state index contributed by atoms with van der Waals surface area (Å²) in [6.45, 7) is 16.3. The highest BCUT2D eigenvalue weighted by atomic mass is 16.2. The first-order valence-electron chi connectivity index (χ1n) is 12.5. The zero-order valence-electron chi connectivity index (χ0n) is 20.4. The van der Waals surface area contributed by atoms with Crippen LogP contribution in [-0.4, -0.2) is 22.9 Å². The van der Waals surface area contributed by atoms with Crippen molar-refractivity contribution in [3.63, 3.8) is 0 Å². The van der Waals surface area contributed by atoms with E-state index in [4.69, 9.17) is 0 Å². The molecule has 3 unspecified atom stereocenters. The topological polar surface area (TPSA) is 20.3 Å². The number of carbonyl (C=O) groups excluding carboxylic acids is 1. The average Bonchev–Trinajstić information content (AvgIpc) is 2.55. The summed E-state index contributed by atoms with van der Waals surface area (Å²) in [5.74, 6) is 1.79. The monoisotopic (exact) mass is 393 g/mol. The molecule has 1 amide bonds. The molecule has 0 aromatic carbocycles. The summed E-state index contributed by atoms with van der Waals surface area (Å²) in [5, 5.41) is 0. The van der Waals surface area contributed by atoms with Crippen molar-refractivity contribution in [3.05, 3.63) is 0 Å². The predicted octanol–water partition coefficient (Wildman–Crippen LogP) is 8.00. The van der Waals surface area contributed by atoms with Crippen molar-refractivity contribution in [1.82, 2.24) is 4.90 Å². The lowest BCUT2D eigenvalue weighted by atomic mass is 9.70. The van der Waals surface area contributed by atoms with Gasteiger partial charge < -0.3 is 4.90 Å². The molecule has 0 bridgehead atoms. The highest BCUT2D eigenvalue weighted by molar-refractivity contribution is 5.76.